The van der Waals surface area contributed by atoms with E-state index in [0.29, 0.717) is 66.1 Å². The molecule has 2 aromatic carbocycles. The molecule has 4 heterocycles. The number of hydrogen-bond acceptors (Lipinski definition) is 4. The molecule has 13 heteroatoms. The molecule has 45 heavy (non-hydrogen) atoms. The Hall–Kier alpha value is -3.80. The Morgan fingerprint density at radius 3 is 2.60 bits per heavy atom. The first kappa shape index (κ1) is 31.2. The van der Waals surface area contributed by atoms with Crippen LogP contribution in [0.3, 0.4) is 0 Å². The van der Waals surface area contributed by atoms with Gasteiger partial charge in [0.2, 0.25) is 11.8 Å². The molecular formula is C32H36ClF3N6O3. The Morgan fingerprint density at radius 1 is 1.11 bits per heavy atom. The summed E-state index contributed by atoms with van der Waals surface area (Å²) < 4.78 is 42.7. The Morgan fingerprint density at radius 2 is 1.87 bits per heavy atom. The molecule has 6 rings (SSSR count). The van der Waals surface area contributed by atoms with Crippen molar-refractivity contribution in [2.75, 3.05) is 31.5 Å². The Balaban J connectivity index is 1.17. The van der Waals surface area contributed by atoms with E-state index in [1.54, 1.807) is 21.8 Å². The van der Waals surface area contributed by atoms with Crippen LogP contribution in [0.5, 0.6) is 0 Å². The lowest BCUT2D eigenvalue weighted by Crippen LogP contribution is -2.50. The van der Waals surface area contributed by atoms with Gasteiger partial charge in [-0.2, -0.15) is 18.3 Å². The van der Waals surface area contributed by atoms with Crippen molar-refractivity contribution >= 4 is 46.0 Å². The highest BCUT2D eigenvalue weighted by Crippen LogP contribution is 2.36. The number of nitrogens with one attached hydrogen (secondary N) is 1. The van der Waals surface area contributed by atoms with E-state index < -0.39 is 24.5 Å². The van der Waals surface area contributed by atoms with Gasteiger partial charge in [-0.1, -0.05) is 36.7 Å². The standard InChI is InChI=1S/C32H36ClF3N6O3/c1-2-10-42-29-24(17-37-42)25-18-40(19-32(34,35)36)30(44)22(14-21(25)15-26(29)33)16-28(43)39-11-8-23(9-12-39)41-13-7-20-5-3-4-6-27(20)38-31(41)45/h3-6,15,17,22-23H,2,7-14,16,18-19H2,1H3,(H,38,45)/t22-/m0/s1. The molecule has 0 saturated carbocycles. The Labute approximate surface area is 264 Å². The number of alkyl halides is 3. The lowest BCUT2D eigenvalue weighted by molar-refractivity contribution is -0.165. The fourth-order valence-corrected chi connectivity index (χ4v) is 7.32. The van der Waals surface area contributed by atoms with Gasteiger partial charge in [-0.05, 0) is 60.9 Å². The Bertz CT molecular complexity index is 1620. The van der Waals surface area contributed by atoms with Crippen LogP contribution in [-0.2, 0) is 35.5 Å². The summed E-state index contributed by atoms with van der Waals surface area (Å²) in [5.41, 5.74) is 3.76. The quantitative estimate of drug-likeness (QED) is 0.377. The average molecular weight is 645 g/mol. The maximum Gasteiger partial charge on any atom is 0.406 e. The van der Waals surface area contributed by atoms with Gasteiger partial charge in [0.15, 0.2) is 0 Å². The largest absolute Gasteiger partial charge is 0.406 e. The number of halogens is 4. The van der Waals surface area contributed by atoms with Crippen molar-refractivity contribution in [2.45, 2.75) is 70.8 Å². The molecule has 1 fully saturated rings. The molecule has 3 aromatic rings. The summed E-state index contributed by atoms with van der Waals surface area (Å²) >= 11 is 6.66. The van der Waals surface area contributed by atoms with Crippen molar-refractivity contribution in [2.24, 2.45) is 5.92 Å². The van der Waals surface area contributed by atoms with E-state index >= 15 is 0 Å². The van der Waals surface area contributed by atoms with E-state index in [1.807, 2.05) is 36.1 Å². The number of aromatic nitrogens is 2. The van der Waals surface area contributed by atoms with Crippen LogP contribution in [-0.4, -0.2) is 80.7 Å². The summed E-state index contributed by atoms with van der Waals surface area (Å²) in [6, 6.07) is 9.22. The SMILES string of the molecule is CCCn1ncc2c3c(cc(Cl)c21)C[C@@H](CC(=O)N1CCC(N2CCc4ccccc4NC2=O)CC1)C(=O)N(CC(F)(F)F)C3. The van der Waals surface area contributed by atoms with Gasteiger partial charge >= 0.3 is 12.2 Å². The number of benzene rings is 2. The van der Waals surface area contributed by atoms with Gasteiger partial charge in [0, 0.05) is 56.3 Å². The molecule has 9 nitrogen and oxygen atoms in total. The van der Waals surface area contributed by atoms with Gasteiger partial charge < -0.3 is 20.0 Å². The number of rotatable bonds is 6. The van der Waals surface area contributed by atoms with Gasteiger partial charge in [-0.15, -0.1) is 0 Å². The number of aryl methyl sites for hydroxylation is 1. The van der Waals surface area contributed by atoms with Crippen molar-refractivity contribution in [1.82, 2.24) is 24.5 Å². The predicted molar refractivity (Wildman–Crippen MR) is 164 cm³/mol. The average Bonchev–Trinajstić information content (AvgIpc) is 3.28. The third-order valence-electron chi connectivity index (χ3n) is 9.18. The van der Waals surface area contributed by atoms with Crippen molar-refractivity contribution in [3.63, 3.8) is 0 Å². The van der Waals surface area contributed by atoms with E-state index in [9.17, 15) is 27.6 Å². The van der Waals surface area contributed by atoms with E-state index in [1.165, 1.54) is 0 Å². The molecule has 0 aliphatic carbocycles. The minimum Gasteiger partial charge on any atom is -0.343 e. The molecule has 0 radical (unpaired) electrons. The van der Waals surface area contributed by atoms with E-state index in [4.69, 9.17) is 11.6 Å². The van der Waals surface area contributed by atoms with Crippen molar-refractivity contribution in [3.05, 3.63) is 58.2 Å². The van der Waals surface area contributed by atoms with Crippen LogP contribution in [0, 0.1) is 5.92 Å². The van der Waals surface area contributed by atoms with Crippen LogP contribution >= 0.6 is 11.6 Å². The topological polar surface area (TPSA) is 90.8 Å². The summed E-state index contributed by atoms with van der Waals surface area (Å²) in [5, 5.41) is 8.44. The first-order chi connectivity index (χ1) is 21.5. The number of para-hydroxylation sites is 1. The van der Waals surface area contributed by atoms with E-state index in [-0.39, 0.29) is 37.4 Å². The number of hydrogen-bond donors (Lipinski definition) is 1. The van der Waals surface area contributed by atoms with Crippen molar-refractivity contribution in [3.8, 4) is 0 Å². The third-order valence-corrected chi connectivity index (χ3v) is 9.47. The summed E-state index contributed by atoms with van der Waals surface area (Å²) in [4.78, 5) is 44.4. The van der Waals surface area contributed by atoms with Crippen LogP contribution in [0.4, 0.5) is 23.7 Å². The zero-order valence-electron chi connectivity index (χ0n) is 25.1. The van der Waals surface area contributed by atoms with Gasteiger partial charge in [0.25, 0.3) is 0 Å². The first-order valence-electron chi connectivity index (χ1n) is 15.5. The summed E-state index contributed by atoms with van der Waals surface area (Å²) in [5.74, 6) is -1.94. The number of urea groups is 1. The Kier molecular flexibility index (Phi) is 8.69. The van der Waals surface area contributed by atoms with Crippen LogP contribution in [0.15, 0.2) is 36.5 Å². The lowest BCUT2D eigenvalue weighted by atomic mass is 9.92. The van der Waals surface area contributed by atoms with Gasteiger partial charge in [0.05, 0.1) is 22.7 Å². The highest BCUT2D eigenvalue weighted by atomic mass is 35.5. The molecular weight excluding hydrogens is 609 g/mol. The normalized spacial score (nSPS) is 19.7. The maximum absolute atomic E-state index is 13.7. The van der Waals surface area contributed by atoms with Crippen LogP contribution < -0.4 is 5.32 Å². The molecule has 0 bridgehead atoms. The van der Waals surface area contributed by atoms with Crippen LogP contribution in [0.2, 0.25) is 5.02 Å². The molecule has 1 saturated heterocycles. The lowest BCUT2D eigenvalue weighted by Gasteiger charge is -2.38. The van der Waals surface area contributed by atoms with E-state index in [2.05, 4.69) is 10.4 Å². The van der Waals surface area contributed by atoms with E-state index in [0.717, 1.165) is 29.0 Å². The monoisotopic (exact) mass is 644 g/mol. The van der Waals surface area contributed by atoms with Crippen molar-refractivity contribution in [1.29, 1.82) is 0 Å². The number of fused-ring (bicyclic) bond motifs is 4. The fraction of sp³-hybridized carbons (Fsp3) is 0.500. The second-order valence-electron chi connectivity index (χ2n) is 12.2. The number of amides is 4. The number of likely N-dealkylation sites (tertiary alicyclic amines) is 1. The molecule has 3 aliphatic heterocycles. The predicted octanol–water partition coefficient (Wildman–Crippen LogP) is 5.63. The smallest absolute Gasteiger partial charge is 0.343 e. The molecule has 1 N–H and O–H groups in total. The third kappa shape index (κ3) is 6.47. The summed E-state index contributed by atoms with van der Waals surface area (Å²) in [7, 11) is 0. The zero-order valence-corrected chi connectivity index (χ0v) is 25.8. The van der Waals surface area contributed by atoms with Crippen molar-refractivity contribution < 1.29 is 27.6 Å². The second-order valence-corrected chi connectivity index (χ2v) is 12.6. The van der Waals surface area contributed by atoms with Crippen LogP contribution in [0.25, 0.3) is 10.9 Å². The second kappa shape index (κ2) is 12.5. The van der Waals surface area contributed by atoms with Gasteiger partial charge in [-0.3, -0.25) is 14.3 Å². The number of carbonyl (C=O) groups excluding carboxylic acids is 3. The molecule has 4 amide bonds. The highest BCUT2D eigenvalue weighted by Gasteiger charge is 2.40. The van der Waals surface area contributed by atoms with Gasteiger partial charge in [0.1, 0.15) is 6.54 Å². The molecule has 240 valence electrons. The summed E-state index contributed by atoms with van der Waals surface area (Å²) in [6.07, 6.45) is -0.429. The fourth-order valence-electron chi connectivity index (χ4n) is 6.98. The minimum absolute atomic E-state index is 0.0461. The molecule has 1 aromatic heterocycles. The summed E-state index contributed by atoms with van der Waals surface area (Å²) in [6.45, 7) is 2.30. The zero-order chi connectivity index (χ0) is 31.9. The minimum atomic E-state index is -4.60. The molecule has 0 unspecified atom stereocenters. The highest BCUT2D eigenvalue weighted by molar-refractivity contribution is 6.35. The molecule has 0 spiro atoms. The first-order valence-corrected chi connectivity index (χ1v) is 15.8. The number of piperidine rings is 1. The molecule has 1 atom stereocenters. The number of anilines is 1. The maximum atomic E-state index is 13.7. The van der Waals surface area contributed by atoms with Crippen LogP contribution in [0.1, 0.15) is 49.3 Å². The molecule has 3 aliphatic rings. The number of carbonyl (C=O) groups is 3. The van der Waals surface area contributed by atoms with Gasteiger partial charge in [-0.25, -0.2) is 4.79 Å². The number of nitrogens with zero attached hydrogens (tertiary/aromatic N) is 5.